The van der Waals surface area contributed by atoms with Gasteiger partial charge in [0.2, 0.25) is 5.91 Å². The Morgan fingerprint density at radius 2 is 1.75 bits per heavy atom. The van der Waals surface area contributed by atoms with Crippen LogP contribution in [-0.4, -0.2) is 31.6 Å². The molecule has 126 valence electrons. The number of hydrogen-bond donors (Lipinski definition) is 2. The summed E-state index contributed by atoms with van der Waals surface area (Å²) in [5, 5.41) is 16.4. The van der Waals surface area contributed by atoms with Gasteiger partial charge >= 0.3 is 0 Å². The number of nitrogens with one attached hydrogen (secondary N) is 2. The van der Waals surface area contributed by atoms with E-state index in [1.54, 1.807) is 24.3 Å². The Kier molecular flexibility index (Phi) is 5.56. The number of carbonyl (C=O) groups is 1. The number of rotatable bonds is 7. The fourth-order valence-corrected chi connectivity index (χ4v) is 2.07. The summed E-state index contributed by atoms with van der Waals surface area (Å²) in [6.07, 6.45) is 0. The molecule has 0 unspecified atom stereocenters. The highest BCUT2D eigenvalue weighted by molar-refractivity contribution is 5.95. The van der Waals surface area contributed by atoms with Crippen molar-refractivity contribution in [1.29, 1.82) is 0 Å². The predicted molar refractivity (Wildman–Crippen MR) is 89.8 cm³/mol. The largest absolute Gasteiger partial charge is 0.495 e. The number of nitro benzene ring substituents is 1. The third-order valence-corrected chi connectivity index (χ3v) is 3.21. The van der Waals surface area contributed by atoms with Crippen LogP contribution in [0.5, 0.6) is 11.5 Å². The summed E-state index contributed by atoms with van der Waals surface area (Å²) in [6, 6.07) is 11.1. The molecule has 0 aliphatic heterocycles. The van der Waals surface area contributed by atoms with Crippen molar-refractivity contribution < 1.29 is 19.2 Å². The zero-order valence-corrected chi connectivity index (χ0v) is 13.2. The minimum atomic E-state index is -0.514. The summed E-state index contributed by atoms with van der Waals surface area (Å²) < 4.78 is 10.3. The molecule has 2 N–H and O–H groups in total. The van der Waals surface area contributed by atoms with Crippen molar-refractivity contribution in [3.63, 3.8) is 0 Å². The number of anilines is 2. The Morgan fingerprint density at radius 1 is 1.08 bits per heavy atom. The molecular weight excluding hydrogens is 314 g/mol. The summed E-state index contributed by atoms with van der Waals surface area (Å²) in [6.45, 7) is -0.0877. The molecule has 0 aliphatic carbocycles. The molecule has 0 aromatic heterocycles. The lowest BCUT2D eigenvalue weighted by Gasteiger charge is -2.12. The Labute approximate surface area is 138 Å². The molecule has 0 radical (unpaired) electrons. The van der Waals surface area contributed by atoms with Gasteiger partial charge in [-0.25, -0.2) is 0 Å². The lowest BCUT2D eigenvalue weighted by atomic mass is 10.2. The maximum absolute atomic E-state index is 12.1. The molecule has 0 atom stereocenters. The van der Waals surface area contributed by atoms with Crippen LogP contribution >= 0.6 is 0 Å². The minimum absolute atomic E-state index is 0.0877. The number of non-ortho nitro benzene ring substituents is 1. The normalized spacial score (nSPS) is 9.92. The Bertz CT molecular complexity index is 748. The van der Waals surface area contributed by atoms with Crippen molar-refractivity contribution in [3.8, 4) is 11.5 Å². The molecule has 0 spiro atoms. The molecule has 0 saturated heterocycles. The van der Waals surface area contributed by atoms with Crippen molar-refractivity contribution in [2.24, 2.45) is 0 Å². The Hall–Kier alpha value is -3.29. The van der Waals surface area contributed by atoms with E-state index in [2.05, 4.69) is 10.6 Å². The highest BCUT2D eigenvalue weighted by atomic mass is 16.6. The van der Waals surface area contributed by atoms with E-state index in [4.69, 9.17) is 9.47 Å². The van der Waals surface area contributed by atoms with E-state index < -0.39 is 4.92 Å². The average molecular weight is 331 g/mol. The van der Waals surface area contributed by atoms with E-state index in [1.807, 2.05) is 0 Å². The van der Waals surface area contributed by atoms with E-state index >= 15 is 0 Å². The van der Waals surface area contributed by atoms with Gasteiger partial charge in [-0.2, -0.15) is 0 Å². The van der Waals surface area contributed by atoms with Crippen LogP contribution in [0, 0.1) is 10.1 Å². The highest BCUT2D eigenvalue weighted by Gasteiger charge is 2.13. The highest BCUT2D eigenvalue weighted by Crippen LogP contribution is 2.29. The molecule has 0 saturated carbocycles. The minimum Gasteiger partial charge on any atom is -0.495 e. The second-order valence-electron chi connectivity index (χ2n) is 4.74. The number of carbonyl (C=O) groups excluding carboxylic acids is 1. The number of benzene rings is 2. The van der Waals surface area contributed by atoms with Crippen LogP contribution < -0.4 is 20.1 Å². The fourth-order valence-electron chi connectivity index (χ4n) is 2.07. The number of nitro groups is 1. The van der Waals surface area contributed by atoms with Crippen LogP contribution in [0.3, 0.4) is 0 Å². The molecule has 1 amide bonds. The third kappa shape index (κ3) is 4.13. The van der Waals surface area contributed by atoms with E-state index in [1.165, 1.54) is 32.4 Å². The van der Waals surface area contributed by atoms with Gasteiger partial charge in [0, 0.05) is 12.1 Å². The SMILES string of the molecule is COc1ccc([N+](=O)[O-])cc1NCC(=O)Nc1ccccc1OC. The number of amides is 1. The molecule has 8 nitrogen and oxygen atoms in total. The summed E-state index contributed by atoms with van der Waals surface area (Å²) in [5.41, 5.74) is 0.808. The van der Waals surface area contributed by atoms with Crippen molar-refractivity contribution in [1.82, 2.24) is 0 Å². The molecule has 8 heteroatoms. The molecule has 0 bridgehead atoms. The number of methoxy groups -OCH3 is 2. The second kappa shape index (κ2) is 7.82. The zero-order valence-electron chi connectivity index (χ0n) is 13.2. The third-order valence-electron chi connectivity index (χ3n) is 3.21. The van der Waals surface area contributed by atoms with Crippen LogP contribution in [0.4, 0.5) is 17.1 Å². The smallest absolute Gasteiger partial charge is 0.271 e. The van der Waals surface area contributed by atoms with E-state index in [9.17, 15) is 14.9 Å². The van der Waals surface area contributed by atoms with Crippen LogP contribution in [0.25, 0.3) is 0 Å². The first-order chi connectivity index (χ1) is 11.5. The Morgan fingerprint density at radius 3 is 2.42 bits per heavy atom. The lowest BCUT2D eigenvalue weighted by molar-refractivity contribution is -0.384. The monoisotopic (exact) mass is 331 g/mol. The van der Waals surface area contributed by atoms with Crippen molar-refractivity contribution in [2.45, 2.75) is 0 Å². The topological polar surface area (TPSA) is 103 Å². The molecule has 2 aromatic carbocycles. The summed E-state index contributed by atoms with van der Waals surface area (Å²) in [5.74, 6) is 0.623. The van der Waals surface area contributed by atoms with Gasteiger partial charge in [0.25, 0.3) is 5.69 Å². The van der Waals surface area contributed by atoms with Crippen molar-refractivity contribution >= 4 is 23.0 Å². The summed E-state index contributed by atoms with van der Waals surface area (Å²) in [4.78, 5) is 22.4. The average Bonchev–Trinajstić information content (AvgIpc) is 2.60. The van der Waals surface area contributed by atoms with Gasteiger partial charge in [-0.1, -0.05) is 12.1 Å². The number of ether oxygens (including phenoxy) is 2. The standard InChI is InChI=1S/C16H17N3O5/c1-23-14-6-4-3-5-12(14)18-16(20)10-17-13-9-11(19(21)22)7-8-15(13)24-2/h3-9,17H,10H2,1-2H3,(H,18,20). The van der Waals surface area contributed by atoms with Gasteiger partial charge in [-0.15, -0.1) is 0 Å². The van der Waals surface area contributed by atoms with E-state index in [0.29, 0.717) is 22.9 Å². The Balaban J connectivity index is 2.06. The molecule has 2 aromatic rings. The van der Waals surface area contributed by atoms with Gasteiger partial charge in [-0.05, 0) is 18.2 Å². The van der Waals surface area contributed by atoms with Crippen molar-refractivity contribution in [2.75, 3.05) is 31.4 Å². The molecule has 0 heterocycles. The van der Waals surface area contributed by atoms with Crippen molar-refractivity contribution in [3.05, 3.63) is 52.6 Å². The fraction of sp³-hybridized carbons (Fsp3) is 0.188. The number of para-hydroxylation sites is 2. The van der Waals surface area contributed by atoms with Crippen LogP contribution in [0.15, 0.2) is 42.5 Å². The van der Waals surface area contributed by atoms with Gasteiger partial charge in [-0.3, -0.25) is 14.9 Å². The maximum Gasteiger partial charge on any atom is 0.271 e. The molecule has 0 fully saturated rings. The molecular formula is C16H17N3O5. The first kappa shape index (κ1) is 17.1. The van der Waals surface area contributed by atoms with E-state index in [0.717, 1.165) is 0 Å². The van der Waals surface area contributed by atoms with E-state index in [-0.39, 0.29) is 18.1 Å². The van der Waals surface area contributed by atoms with Gasteiger partial charge < -0.3 is 20.1 Å². The molecule has 0 aliphatic rings. The first-order valence-electron chi connectivity index (χ1n) is 7.04. The van der Waals surface area contributed by atoms with Crippen LogP contribution in [0.1, 0.15) is 0 Å². The predicted octanol–water partition coefficient (Wildman–Crippen LogP) is 2.66. The maximum atomic E-state index is 12.1. The second-order valence-corrected chi connectivity index (χ2v) is 4.74. The first-order valence-corrected chi connectivity index (χ1v) is 7.04. The lowest BCUT2D eigenvalue weighted by Crippen LogP contribution is -2.22. The summed E-state index contributed by atoms with van der Waals surface area (Å²) in [7, 11) is 2.96. The zero-order chi connectivity index (χ0) is 17.5. The molecule has 24 heavy (non-hydrogen) atoms. The van der Waals surface area contributed by atoms with Gasteiger partial charge in [0.15, 0.2) is 0 Å². The number of nitrogens with zero attached hydrogens (tertiary/aromatic N) is 1. The quantitative estimate of drug-likeness (QED) is 0.597. The summed E-state index contributed by atoms with van der Waals surface area (Å²) >= 11 is 0. The number of hydrogen-bond acceptors (Lipinski definition) is 6. The van der Waals surface area contributed by atoms with Gasteiger partial charge in [0.05, 0.1) is 37.1 Å². The van der Waals surface area contributed by atoms with Crippen LogP contribution in [-0.2, 0) is 4.79 Å². The van der Waals surface area contributed by atoms with Crippen LogP contribution in [0.2, 0.25) is 0 Å². The van der Waals surface area contributed by atoms with Gasteiger partial charge in [0.1, 0.15) is 11.5 Å². The molecule has 2 rings (SSSR count).